The number of aromatic nitrogens is 3. The molecule has 102 valence electrons. The zero-order valence-electron chi connectivity index (χ0n) is 11.5. The van der Waals surface area contributed by atoms with Crippen LogP contribution in [-0.4, -0.2) is 20.1 Å². The maximum Gasteiger partial charge on any atom is 0.138 e. The number of hydrogen-bond donors (Lipinski definition) is 0. The number of benzene rings is 1. The van der Waals surface area contributed by atoms with Crippen LogP contribution in [0.3, 0.4) is 0 Å². The van der Waals surface area contributed by atoms with Crippen LogP contribution in [0.15, 0.2) is 36.7 Å². The van der Waals surface area contributed by atoms with Gasteiger partial charge in [0.2, 0.25) is 0 Å². The molecule has 2 aromatic rings. The lowest BCUT2D eigenvalue weighted by Crippen LogP contribution is -2.14. The molecule has 0 aliphatic carbocycles. The summed E-state index contributed by atoms with van der Waals surface area (Å²) in [5.41, 5.74) is 1.35. The molecule has 1 unspecified atom stereocenters. The molecule has 0 amide bonds. The molecule has 0 spiro atoms. The first-order chi connectivity index (χ1) is 9.20. The molecule has 1 aromatic heterocycles. The van der Waals surface area contributed by atoms with E-state index >= 15 is 0 Å². The van der Waals surface area contributed by atoms with E-state index < -0.39 is 0 Å². The van der Waals surface area contributed by atoms with E-state index in [1.54, 1.807) is 6.33 Å². The molecule has 4 heteroatoms. The molecule has 0 fully saturated rings. The summed E-state index contributed by atoms with van der Waals surface area (Å²) in [6.45, 7) is 5.33. The van der Waals surface area contributed by atoms with Gasteiger partial charge in [0.05, 0.1) is 0 Å². The minimum absolute atomic E-state index is 0.441. The fraction of sp³-hybridized carbons (Fsp3) is 0.467. The van der Waals surface area contributed by atoms with Gasteiger partial charge in [0.1, 0.15) is 12.2 Å². The predicted molar refractivity (Wildman–Crippen MR) is 81.5 cm³/mol. The van der Waals surface area contributed by atoms with Gasteiger partial charge in [-0.3, -0.25) is 0 Å². The third kappa shape index (κ3) is 3.90. The average molecular weight is 322 g/mol. The summed E-state index contributed by atoms with van der Waals surface area (Å²) in [5, 5.41) is 5.26. The van der Waals surface area contributed by atoms with Crippen molar-refractivity contribution in [2.75, 3.05) is 5.33 Å². The summed E-state index contributed by atoms with van der Waals surface area (Å²) in [6, 6.07) is 10.6. The Morgan fingerprint density at radius 1 is 1.21 bits per heavy atom. The lowest BCUT2D eigenvalue weighted by Gasteiger charge is -2.15. The van der Waals surface area contributed by atoms with Crippen molar-refractivity contribution in [2.45, 2.75) is 32.7 Å². The minimum Gasteiger partial charge on any atom is -0.250 e. The van der Waals surface area contributed by atoms with Crippen LogP contribution in [0.1, 0.15) is 31.2 Å². The Labute approximate surface area is 123 Å². The zero-order chi connectivity index (χ0) is 13.7. The first-order valence-electron chi connectivity index (χ1n) is 6.68. The van der Waals surface area contributed by atoms with E-state index in [9.17, 15) is 0 Å². The molecule has 19 heavy (non-hydrogen) atoms. The second-order valence-electron chi connectivity index (χ2n) is 5.22. The van der Waals surface area contributed by atoms with Crippen molar-refractivity contribution < 1.29 is 0 Å². The van der Waals surface area contributed by atoms with Crippen LogP contribution in [0.25, 0.3) is 0 Å². The lowest BCUT2D eigenvalue weighted by molar-refractivity contribution is 0.461. The summed E-state index contributed by atoms with van der Waals surface area (Å²) in [6.07, 6.45) is 2.58. The van der Waals surface area contributed by atoms with Crippen molar-refractivity contribution in [1.29, 1.82) is 0 Å². The van der Waals surface area contributed by atoms with E-state index in [4.69, 9.17) is 0 Å². The second-order valence-corrected chi connectivity index (χ2v) is 5.87. The lowest BCUT2D eigenvalue weighted by atomic mass is 9.97. The normalized spacial score (nSPS) is 12.8. The van der Waals surface area contributed by atoms with Gasteiger partial charge in [-0.05, 0) is 11.5 Å². The Balaban J connectivity index is 2.13. The first kappa shape index (κ1) is 14.3. The third-order valence-electron chi connectivity index (χ3n) is 3.12. The summed E-state index contributed by atoms with van der Waals surface area (Å²) < 4.78 is 2.03. The van der Waals surface area contributed by atoms with E-state index in [0.717, 1.165) is 24.1 Å². The van der Waals surface area contributed by atoms with Crippen LogP contribution in [0.4, 0.5) is 0 Å². The van der Waals surface area contributed by atoms with Crippen LogP contribution in [0.2, 0.25) is 0 Å². The van der Waals surface area contributed by atoms with Crippen molar-refractivity contribution in [1.82, 2.24) is 14.8 Å². The van der Waals surface area contributed by atoms with Crippen LogP contribution in [0.5, 0.6) is 0 Å². The molecule has 0 aliphatic heterocycles. The monoisotopic (exact) mass is 321 g/mol. The quantitative estimate of drug-likeness (QED) is 0.760. The van der Waals surface area contributed by atoms with Crippen molar-refractivity contribution >= 4 is 15.9 Å². The Bertz CT molecular complexity index is 493. The van der Waals surface area contributed by atoms with Crippen molar-refractivity contribution in [3.8, 4) is 0 Å². The van der Waals surface area contributed by atoms with Crippen molar-refractivity contribution in [3.63, 3.8) is 0 Å². The van der Waals surface area contributed by atoms with Gasteiger partial charge in [0, 0.05) is 24.2 Å². The summed E-state index contributed by atoms with van der Waals surface area (Å²) in [4.78, 5) is 4.41. The minimum atomic E-state index is 0.441. The number of alkyl halides is 1. The number of rotatable bonds is 6. The Morgan fingerprint density at radius 2 is 1.95 bits per heavy atom. The van der Waals surface area contributed by atoms with E-state index in [1.165, 1.54) is 5.56 Å². The van der Waals surface area contributed by atoms with E-state index in [1.807, 2.05) is 4.68 Å². The van der Waals surface area contributed by atoms with Crippen LogP contribution >= 0.6 is 15.9 Å². The first-order valence-corrected chi connectivity index (χ1v) is 7.80. The summed E-state index contributed by atoms with van der Waals surface area (Å²) in [5.74, 6) is 2.10. The van der Waals surface area contributed by atoms with Gasteiger partial charge in [-0.25, -0.2) is 9.67 Å². The summed E-state index contributed by atoms with van der Waals surface area (Å²) in [7, 11) is 0. The van der Waals surface area contributed by atoms with Gasteiger partial charge < -0.3 is 0 Å². The third-order valence-corrected chi connectivity index (χ3v) is 3.90. The van der Waals surface area contributed by atoms with Gasteiger partial charge in [0.15, 0.2) is 0 Å². The smallest absolute Gasteiger partial charge is 0.138 e. The molecule has 1 atom stereocenters. The van der Waals surface area contributed by atoms with E-state index in [0.29, 0.717) is 11.8 Å². The highest BCUT2D eigenvalue weighted by atomic mass is 79.9. The molecule has 3 nitrogen and oxygen atoms in total. The van der Waals surface area contributed by atoms with Gasteiger partial charge in [-0.1, -0.05) is 60.1 Å². The molecule has 1 heterocycles. The van der Waals surface area contributed by atoms with Gasteiger partial charge in [0.25, 0.3) is 0 Å². The van der Waals surface area contributed by atoms with Crippen LogP contribution in [0, 0.1) is 5.92 Å². The van der Waals surface area contributed by atoms with Crippen LogP contribution < -0.4 is 0 Å². The summed E-state index contributed by atoms with van der Waals surface area (Å²) >= 11 is 3.62. The number of hydrogen-bond acceptors (Lipinski definition) is 2. The number of nitrogens with zero attached hydrogens (tertiary/aromatic N) is 3. The topological polar surface area (TPSA) is 30.7 Å². The number of halogens is 1. The Morgan fingerprint density at radius 3 is 2.58 bits per heavy atom. The molecule has 2 rings (SSSR count). The van der Waals surface area contributed by atoms with Gasteiger partial charge in [-0.2, -0.15) is 5.10 Å². The molecule has 1 aromatic carbocycles. The molecule has 0 saturated heterocycles. The maximum absolute atomic E-state index is 4.41. The molecular formula is C15H20BrN3. The predicted octanol–water partition coefficient (Wildman–Crippen LogP) is 3.66. The van der Waals surface area contributed by atoms with Crippen LogP contribution in [-0.2, 0) is 13.0 Å². The SMILES string of the molecule is CC(C)Cn1ncnc1CC(CBr)c1ccccc1. The Hall–Kier alpha value is -1.16. The fourth-order valence-electron chi connectivity index (χ4n) is 2.15. The highest BCUT2D eigenvalue weighted by molar-refractivity contribution is 9.09. The van der Waals surface area contributed by atoms with E-state index in [-0.39, 0.29) is 0 Å². The highest BCUT2D eigenvalue weighted by Crippen LogP contribution is 2.22. The molecule has 0 bridgehead atoms. The standard InChI is InChI=1S/C15H20BrN3/c1-12(2)10-19-15(17-11-18-19)8-14(9-16)13-6-4-3-5-7-13/h3-7,11-12,14H,8-10H2,1-2H3. The molecule has 0 saturated carbocycles. The zero-order valence-corrected chi connectivity index (χ0v) is 13.0. The second kappa shape index (κ2) is 6.85. The van der Waals surface area contributed by atoms with Gasteiger partial charge >= 0.3 is 0 Å². The molecular weight excluding hydrogens is 302 g/mol. The average Bonchev–Trinajstić information content (AvgIpc) is 2.83. The highest BCUT2D eigenvalue weighted by Gasteiger charge is 2.15. The fourth-order valence-corrected chi connectivity index (χ4v) is 2.75. The maximum atomic E-state index is 4.41. The largest absolute Gasteiger partial charge is 0.250 e. The van der Waals surface area contributed by atoms with Crippen molar-refractivity contribution in [2.24, 2.45) is 5.92 Å². The molecule has 0 aliphatic rings. The molecule has 0 radical (unpaired) electrons. The molecule has 0 N–H and O–H groups in total. The van der Waals surface area contributed by atoms with E-state index in [2.05, 4.69) is 70.2 Å². The van der Waals surface area contributed by atoms with Gasteiger partial charge in [-0.15, -0.1) is 0 Å². The Kier molecular flexibility index (Phi) is 5.14. The van der Waals surface area contributed by atoms with Crippen molar-refractivity contribution in [3.05, 3.63) is 48.0 Å².